The van der Waals surface area contributed by atoms with Crippen LogP contribution in [-0.2, 0) is 71.1 Å². The minimum atomic E-state index is -2.20. The average Bonchev–Trinajstić information content (AvgIpc) is 1.42. The highest BCUT2D eigenvalue weighted by molar-refractivity contribution is 5.77. The highest BCUT2D eigenvalue weighted by atomic mass is 16.8. The van der Waals surface area contributed by atoms with Crippen LogP contribution in [0.2, 0.25) is 0 Å². The van der Waals surface area contributed by atoms with E-state index in [4.69, 9.17) is 66.3 Å². The lowest BCUT2D eigenvalue weighted by Crippen LogP contribution is -2.68. The molecule has 2 bridgehead atoms. The molecular formula is C62H100O38. The third-order valence-electron chi connectivity index (χ3n) is 23.4. The summed E-state index contributed by atoms with van der Waals surface area (Å²) < 4.78 is 84.9. The highest BCUT2D eigenvalue weighted by Crippen LogP contribution is 2.74. The summed E-state index contributed by atoms with van der Waals surface area (Å²) in [6, 6.07) is 0. The number of rotatable bonds is 21. The van der Waals surface area contributed by atoms with Crippen LogP contribution >= 0.6 is 0 Å². The molecule has 0 amide bonds. The molecule has 11 aliphatic rings. The Labute approximate surface area is 571 Å². The lowest BCUT2D eigenvalue weighted by molar-refractivity contribution is -0.405. The van der Waals surface area contributed by atoms with Gasteiger partial charge in [-0.3, -0.25) is 4.79 Å². The second kappa shape index (κ2) is 31.2. The maximum atomic E-state index is 15.5. The Balaban J connectivity index is 0.865. The van der Waals surface area contributed by atoms with E-state index >= 15 is 4.79 Å². The molecule has 0 radical (unpaired) electrons. The fraction of sp³-hybridized carbons (Fsp3) is 0.952. The van der Waals surface area contributed by atoms with Gasteiger partial charge in [-0.05, 0) is 86.5 Å². The summed E-state index contributed by atoms with van der Waals surface area (Å²) in [6.45, 7) is 1.77. The Morgan fingerprint density at radius 2 is 0.710 bits per heavy atom. The maximum Gasteiger partial charge on any atom is 0.314 e. The van der Waals surface area contributed by atoms with Crippen LogP contribution in [0.1, 0.15) is 71.6 Å². The fourth-order valence-corrected chi connectivity index (χ4v) is 17.9. The lowest BCUT2D eigenvalue weighted by Gasteiger charge is -2.64. The smallest absolute Gasteiger partial charge is 0.314 e. The van der Waals surface area contributed by atoms with Crippen molar-refractivity contribution in [2.75, 3.05) is 46.2 Å². The topological polar surface area (TPSA) is 612 Å². The second-order valence-corrected chi connectivity index (χ2v) is 29.2. The standard InChI is InChI=1S/C62H100O38/c1-20-11-61-9-5-28-59(2,7-4-8-60(28,3)58(86)99-56-49(97-53-43(83)39(79)32(72)23(14-65)89-53)47(35(75)26(17-68)92-56)95-52-42(82)38(78)31(71)22(13-64)88-52)29(61)6-10-62(20,19-61)100-57-50(98-54-44(84)40(80)33(73)24(15-66)90-54)48(36(76)27(18-69)93-57)96-55-45(85)46(34(74)25(16-67)91-55)94-51-41(81)37(77)30(70)21(12-63)87-51/h21-57,63-85H,1,4-19H2,2-3H3/t21-,22-,23-,24-,25-,26-,27-,28+,29+,30-,31-,32-,33-,34-,35-,36-,37+,38+,39+,40+,41-,42-,43-,44-,45-,46+,47+,48+,49-,50-,51+,52+,53+,54+,55+,56+,57+,59-,60-,61?,62+/m1/s1. The third-order valence-corrected chi connectivity index (χ3v) is 23.4. The molecule has 23 N–H and O–H groups in total. The number of fused-ring (bicyclic) bond motifs is 3. The molecular weight excluding hydrogens is 1350 g/mol. The Hall–Kier alpha value is -2.23. The van der Waals surface area contributed by atoms with Crippen molar-refractivity contribution >= 4 is 5.97 Å². The molecule has 1 unspecified atom stereocenters. The summed E-state index contributed by atoms with van der Waals surface area (Å²) in [5.74, 6) is -1.57. The summed E-state index contributed by atoms with van der Waals surface area (Å²) in [5, 5.41) is 249. The SMILES string of the molecule is C=C1CC23CC[C@H]4[C@@](C)(CCC[C@@]4(C)C(=O)O[C@@H]4O[C@H](CO)[C@@H](O)[C@H](O[C@@H]5O[C@H](CO)[C@@H](O)[C@H](O)[C@H]5O)[C@H]4O[C@@H]4O[C@H](CO)[C@@H](O)[C@H](O)[C@H]4O)[C@@H]2CC[C@]1(O[C@@H]1O[C@H](CO)[C@@H](O)[C@H](O[C@@H]2O[C@H](CO)[C@@H](O)[C@H](O[C@@H]4O[C@H](CO)[C@@H](O)[C@H](O)[C@H]4O)[C@H]2O)[C@H]1O[C@@H]1O[C@H](CO)[C@@H](O)[C@H](O)[C@H]1O)C3. The summed E-state index contributed by atoms with van der Waals surface area (Å²) in [6.07, 6.45) is -63.9. The van der Waals surface area contributed by atoms with Gasteiger partial charge in [0.25, 0.3) is 0 Å². The molecule has 1 spiro atoms. The molecule has 7 saturated heterocycles. The quantitative estimate of drug-likeness (QED) is 0.0288. The number of aliphatic hydroxyl groups excluding tert-OH is 23. The Morgan fingerprint density at radius 1 is 0.380 bits per heavy atom. The summed E-state index contributed by atoms with van der Waals surface area (Å²) in [5.41, 5.74) is -3.55. The molecule has 41 atom stereocenters. The van der Waals surface area contributed by atoms with E-state index in [1.165, 1.54) is 0 Å². The van der Waals surface area contributed by atoms with Crippen molar-refractivity contribution in [1.29, 1.82) is 0 Å². The van der Waals surface area contributed by atoms with Gasteiger partial charge >= 0.3 is 5.97 Å². The minimum Gasteiger partial charge on any atom is -0.432 e. The van der Waals surface area contributed by atoms with Gasteiger partial charge < -0.3 is 184 Å². The van der Waals surface area contributed by atoms with Crippen LogP contribution in [0.4, 0.5) is 0 Å². The van der Waals surface area contributed by atoms with E-state index in [0.29, 0.717) is 44.1 Å². The van der Waals surface area contributed by atoms with Crippen molar-refractivity contribution in [1.82, 2.24) is 0 Å². The van der Waals surface area contributed by atoms with Crippen LogP contribution in [0.25, 0.3) is 0 Å². The first-order valence-corrected chi connectivity index (χ1v) is 33.9. The second-order valence-electron chi connectivity index (χ2n) is 29.2. The van der Waals surface area contributed by atoms with Gasteiger partial charge in [0, 0.05) is 0 Å². The van der Waals surface area contributed by atoms with Crippen molar-refractivity contribution in [2.45, 2.75) is 292 Å². The Morgan fingerprint density at radius 3 is 1.12 bits per heavy atom. The molecule has 0 aromatic heterocycles. The van der Waals surface area contributed by atoms with E-state index in [0.717, 1.165) is 0 Å². The number of ether oxygens (including phenoxy) is 14. The van der Waals surface area contributed by atoms with Crippen molar-refractivity contribution in [2.24, 2.45) is 28.1 Å². The molecule has 576 valence electrons. The third kappa shape index (κ3) is 14.0. The predicted molar refractivity (Wildman–Crippen MR) is 317 cm³/mol. The van der Waals surface area contributed by atoms with Crippen LogP contribution < -0.4 is 0 Å². The van der Waals surface area contributed by atoms with E-state index in [9.17, 15) is 117 Å². The zero-order valence-electron chi connectivity index (χ0n) is 54.8. The van der Waals surface area contributed by atoms with Crippen molar-refractivity contribution < 1.29 is 189 Å². The van der Waals surface area contributed by atoms with Gasteiger partial charge in [0.05, 0.1) is 57.3 Å². The van der Waals surface area contributed by atoms with Gasteiger partial charge in [-0.25, -0.2) is 0 Å². The molecule has 38 heteroatoms. The zero-order chi connectivity index (χ0) is 72.7. The van der Waals surface area contributed by atoms with Gasteiger partial charge in [0.15, 0.2) is 43.8 Å². The lowest BCUT2D eigenvalue weighted by atomic mass is 9.41. The predicted octanol–water partition coefficient (Wildman–Crippen LogP) is -11.6. The summed E-state index contributed by atoms with van der Waals surface area (Å²) in [4.78, 5) is 15.5. The molecule has 4 saturated carbocycles. The van der Waals surface area contributed by atoms with Crippen molar-refractivity contribution in [3.63, 3.8) is 0 Å². The van der Waals surface area contributed by atoms with E-state index in [1.54, 1.807) is 6.92 Å². The molecule has 0 aromatic rings. The molecule has 7 aliphatic heterocycles. The van der Waals surface area contributed by atoms with Gasteiger partial charge in [0.1, 0.15) is 165 Å². The number of carbonyl (C=O) groups is 1. The Kier molecular flexibility index (Phi) is 24.6. The first kappa shape index (κ1) is 78.8. The fourth-order valence-electron chi connectivity index (χ4n) is 17.9. The van der Waals surface area contributed by atoms with Crippen LogP contribution in [-0.4, -0.2) is 390 Å². The number of hydrogen-bond donors (Lipinski definition) is 23. The van der Waals surface area contributed by atoms with Crippen LogP contribution in [0.15, 0.2) is 12.2 Å². The number of esters is 1. The molecule has 4 aliphatic carbocycles. The highest BCUT2D eigenvalue weighted by Gasteiger charge is 2.70. The first-order chi connectivity index (χ1) is 47.3. The summed E-state index contributed by atoms with van der Waals surface area (Å²) in [7, 11) is 0. The maximum absolute atomic E-state index is 15.5. The minimum absolute atomic E-state index is 0.178. The number of aliphatic hydroxyl groups is 23. The number of carbonyl (C=O) groups excluding carboxylic acids is 1. The van der Waals surface area contributed by atoms with Gasteiger partial charge in [-0.2, -0.15) is 0 Å². The average molecular weight is 1450 g/mol. The van der Waals surface area contributed by atoms with Gasteiger partial charge in [0.2, 0.25) is 6.29 Å². The van der Waals surface area contributed by atoms with Crippen LogP contribution in [0.3, 0.4) is 0 Å². The number of hydrogen-bond acceptors (Lipinski definition) is 38. The summed E-state index contributed by atoms with van der Waals surface area (Å²) >= 11 is 0. The van der Waals surface area contributed by atoms with Crippen LogP contribution in [0.5, 0.6) is 0 Å². The van der Waals surface area contributed by atoms with Crippen molar-refractivity contribution in [3.05, 3.63) is 12.2 Å². The molecule has 0 aromatic carbocycles. The molecule has 11 rings (SSSR count). The van der Waals surface area contributed by atoms with E-state index < -0.39 is 295 Å². The molecule has 38 nitrogen and oxygen atoms in total. The monoisotopic (exact) mass is 1450 g/mol. The Bertz CT molecular complexity index is 2720. The van der Waals surface area contributed by atoms with Crippen LogP contribution in [0, 0.1) is 28.1 Å². The van der Waals surface area contributed by atoms with Gasteiger partial charge in [-0.15, -0.1) is 0 Å². The van der Waals surface area contributed by atoms with Crippen molar-refractivity contribution in [3.8, 4) is 0 Å². The first-order valence-electron chi connectivity index (χ1n) is 33.9. The van der Waals surface area contributed by atoms with E-state index in [2.05, 4.69) is 13.5 Å². The zero-order valence-corrected chi connectivity index (χ0v) is 54.8. The molecule has 7 heterocycles. The normalized spacial score (nSPS) is 54.5. The largest absolute Gasteiger partial charge is 0.432 e. The molecule has 11 fully saturated rings. The van der Waals surface area contributed by atoms with E-state index in [1.807, 2.05) is 0 Å². The van der Waals surface area contributed by atoms with Gasteiger partial charge in [-0.1, -0.05) is 19.9 Å². The van der Waals surface area contributed by atoms with E-state index in [-0.39, 0.29) is 25.2 Å². The molecule has 100 heavy (non-hydrogen) atoms.